The lowest BCUT2D eigenvalue weighted by Crippen LogP contribution is -2.48. The number of aromatic nitrogens is 2. The minimum absolute atomic E-state index is 0.203. The molecule has 0 saturated carbocycles. The van der Waals surface area contributed by atoms with Crippen LogP contribution in [0.25, 0.3) is 5.69 Å². The van der Waals surface area contributed by atoms with Gasteiger partial charge in [-0.2, -0.15) is 0 Å². The molecule has 1 aromatic carbocycles. The molecule has 1 aliphatic rings. The lowest BCUT2D eigenvalue weighted by molar-refractivity contribution is -0.142. The Hall–Kier alpha value is -2.67. The van der Waals surface area contributed by atoms with E-state index in [0.29, 0.717) is 18.8 Å². The maximum absolute atomic E-state index is 12.4. The third-order valence-electron chi connectivity index (χ3n) is 4.15. The largest absolute Gasteiger partial charge is 0.480 e. The third kappa shape index (κ3) is 3.62. The summed E-state index contributed by atoms with van der Waals surface area (Å²) in [5, 5.41) is 12.0. The van der Waals surface area contributed by atoms with Crippen molar-refractivity contribution in [3.05, 3.63) is 48.5 Å². The summed E-state index contributed by atoms with van der Waals surface area (Å²) in [6, 6.07) is 5.97. The molecule has 0 radical (unpaired) electrons. The average Bonchev–Trinajstić information content (AvgIpc) is 3.15. The van der Waals surface area contributed by atoms with E-state index in [-0.39, 0.29) is 5.92 Å². The number of amides is 1. The van der Waals surface area contributed by atoms with Gasteiger partial charge < -0.3 is 19.7 Å². The van der Waals surface area contributed by atoms with Crippen LogP contribution in [0.3, 0.4) is 0 Å². The van der Waals surface area contributed by atoms with E-state index in [0.717, 1.165) is 18.5 Å². The summed E-state index contributed by atoms with van der Waals surface area (Å²) in [6.45, 7) is 1.00. The van der Waals surface area contributed by atoms with E-state index in [1.165, 1.54) is 0 Å². The van der Waals surface area contributed by atoms with Gasteiger partial charge in [-0.1, -0.05) is 0 Å². The fraction of sp³-hybridized carbons (Fsp3) is 0.353. The summed E-state index contributed by atoms with van der Waals surface area (Å²) in [5.41, 5.74) is 1.29. The van der Waals surface area contributed by atoms with Crippen LogP contribution in [0.5, 0.6) is 0 Å². The Kier molecular flexibility index (Phi) is 4.90. The first kappa shape index (κ1) is 16.2. The number of rotatable bonds is 5. The summed E-state index contributed by atoms with van der Waals surface area (Å²) < 4.78 is 7.15. The molecule has 1 aliphatic heterocycles. The molecule has 3 rings (SSSR count). The van der Waals surface area contributed by atoms with Gasteiger partial charge in [0.1, 0.15) is 6.04 Å². The SMILES string of the molecule is O=C(NC(C(=O)O)C1CCCOC1)c1ccc(-n2ccnc2)cc1. The number of carboxylic acids is 1. The number of imidazole rings is 1. The Labute approximate surface area is 139 Å². The second kappa shape index (κ2) is 7.27. The second-order valence-electron chi connectivity index (χ2n) is 5.78. The Balaban J connectivity index is 1.69. The molecule has 7 heteroatoms. The Morgan fingerprint density at radius 3 is 2.71 bits per heavy atom. The molecule has 0 bridgehead atoms. The fourth-order valence-electron chi connectivity index (χ4n) is 2.83. The molecule has 2 N–H and O–H groups in total. The summed E-state index contributed by atoms with van der Waals surface area (Å²) in [4.78, 5) is 27.8. The smallest absolute Gasteiger partial charge is 0.326 e. The molecular weight excluding hydrogens is 310 g/mol. The Morgan fingerprint density at radius 2 is 2.12 bits per heavy atom. The van der Waals surface area contributed by atoms with Gasteiger partial charge >= 0.3 is 5.97 Å². The maximum atomic E-state index is 12.4. The predicted molar refractivity (Wildman–Crippen MR) is 86.0 cm³/mol. The van der Waals surface area contributed by atoms with Crippen molar-refractivity contribution in [2.24, 2.45) is 5.92 Å². The van der Waals surface area contributed by atoms with Gasteiger partial charge in [0.25, 0.3) is 5.91 Å². The van der Waals surface area contributed by atoms with E-state index in [4.69, 9.17) is 4.74 Å². The second-order valence-corrected chi connectivity index (χ2v) is 5.78. The Bertz CT molecular complexity index is 691. The molecule has 0 spiro atoms. The molecule has 1 saturated heterocycles. The highest BCUT2D eigenvalue weighted by atomic mass is 16.5. The summed E-state index contributed by atoms with van der Waals surface area (Å²) in [6.07, 6.45) is 6.68. The number of nitrogens with one attached hydrogen (secondary N) is 1. The highest BCUT2D eigenvalue weighted by Gasteiger charge is 2.31. The molecule has 7 nitrogen and oxygen atoms in total. The van der Waals surface area contributed by atoms with Crippen molar-refractivity contribution >= 4 is 11.9 Å². The topological polar surface area (TPSA) is 93.5 Å². The van der Waals surface area contributed by atoms with E-state index in [1.807, 2.05) is 4.57 Å². The number of carbonyl (C=O) groups is 2. The molecule has 2 aromatic rings. The Morgan fingerprint density at radius 1 is 1.33 bits per heavy atom. The molecule has 126 valence electrons. The standard InChI is InChI=1S/C17H19N3O4/c21-16(19-15(17(22)23)13-2-1-9-24-10-13)12-3-5-14(6-4-12)20-8-7-18-11-20/h3-8,11,13,15H,1-2,9-10H2,(H,19,21)(H,22,23). The molecule has 2 unspecified atom stereocenters. The highest BCUT2D eigenvalue weighted by molar-refractivity contribution is 5.96. The van der Waals surface area contributed by atoms with Crippen molar-refractivity contribution in [1.29, 1.82) is 0 Å². The maximum Gasteiger partial charge on any atom is 0.326 e. The molecule has 0 aliphatic carbocycles. The van der Waals surface area contributed by atoms with Crippen LogP contribution in [0.1, 0.15) is 23.2 Å². The summed E-state index contributed by atoms with van der Waals surface area (Å²) in [7, 11) is 0. The highest BCUT2D eigenvalue weighted by Crippen LogP contribution is 2.18. The summed E-state index contributed by atoms with van der Waals surface area (Å²) in [5.74, 6) is -1.63. The zero-order chi connectivity index (χ0) is 16.9. The quantitative estimate of drug-likeness (QED) is 0.867. The van der Waals surface area contributed by atoms with Gasteiger partial charge in [0.15, 0.2) is 0 Å². The monoisotopic (exact) mass is 329 g/mol. The van der Waals surface area contributed by atoms with Crippen LogP contribution in [0.2, 0.25) is 0 Å². The lowest BCUT2D eigenvalue weighted by Gasteiger charge is -2.28. The number of hydrogen-bond acceptors (Lipinski definition) is 4. The van der Waals surface area contributed by atoms with Crippen LogP contribution in [0, 0.1) is 5.92 Å². The minimum atomic E-state index is -1.03. The zero-order valence-corrected chi connectivity index (χ0v) is 13.1. The molecule has 24 heavy (non-hydrogen) atoms. The minimum Gasteiger partial charge on any atom is -0.480 e. The van der Waals surface area contributed by atoms with Gasteiger partial charge in [-0.3, -0.25) is 4.79 Å². The van der Waals surface area contributed by atoms with E-state index >= 15 is 0 Å². The molecule has 2 atom stereocenters. The van der Waals surface area contributed by atoms with E-state index in [1.54, 1.807) is 43.0 Å². The van der Waals surface area contributed by atoms with Gasteiger partial charge in [-0.25, -0.2) is 9.78 Å². The van der Waals surface area contributed by atoms with Crippen molar-refractivity contribution in [2.75, 3.05) is 13.2 Å². The van der Waals surface area contributed by atoms with Crippen LogP contribution >= 0.6 is 0 Å². The normalized spacial score (nSPS) is 18.8. The van der Waals surface area contributed by atoms with Crippen molar-refractivity contribution in [3.63, 3.8) is 0 Å². The van der Waals surface area contributed by atoms with Gasteiger partial charge in [0.2, 0.25) is 0 Å². The van der Waals surface area contributed by atoms with Crippen LogP contribution in [-0.4, -0.2) is 45.8 Å². The first-order valence-corrected chi connectivity index (χ1v) is 7.85. The van der Waals surface area contributed by atoms with Crippen molar-refractivity contribution < 1.29 is 19.4 Å². The molecular formula is C17H19N3O4. The van der Waals surface area contributed by atoms with Crippen LogP contribution in [-0.2, 0) is 9.53 Å². The van der Waals surface area contributed by atoms with Gasteiger partial charge in [-0.05, 0) is 37.1 Å². The first-order chi connectivity index (χ1) is 11.6. The molecule has 1 fully saturated rings. The van der Waals surface area contributed by atoms with E-state index < -0.39 is 17.9 Å². The molecule has 1 aromatic heterocycles. The van der Waals surface area contributed by atoms with Crippen LogP contribution in [0.15, 0.2) is 43.0 Å². The number of nitrogens with zero attached hydrogens (tertiary/aromatic N) is 2. The number of benzene rings is 1. The van der Waals surface area contributed by atoms with Crippen molar-refractivity contribution in [2.45, 2.75) is 18.9 Å². The van der Waals surface area contributed by atoms with Crippen LogP contribution in [0.4, 0.5) is 0 Å². The van der Waals surface area contributed by atoms with Crippen molar-refractivity contribution in [1.82, 2.24) is 14.9 Å². The third-order valence-corrected chi connectivity index (χ3v) is 4.15. The molecule has 2 heterocycles. The number of carboxylic acid groups (broad SMARTS) is 1. The first-order valence-electron chi connectivity index (χ1n) is 7.85. The fourth-order valence-corrected chi connectivity index (χ4v) is 2.83. The lowest BCUT2D eigenvalue weighted by atomic mass is 9.93. The van der Waals surface area contributed by atoms with E-state index in [9.17, 15) is 14.7 Å². The average molecular weight is 329 g/mol. The number of ether oxygens (including phenoxy) is 1. The van der Waals surface area contributed by atoms with Gasteiger partial charge in [0.05, 0.1) is 12.9 Å². The number of carbonyl (C=O) groups excluding carboxylic acids is 1. The number of aliphatic carboxylic acids is 1. The summed E-state index contributed by atoms with van der Waals surface area (Å²) >= 11 is 0. The molecule has 1 amide bonds. The van der Waals surface area contributed by atoms with E-state index in [2.05, 4.69) is 10.3 Å². The van der Waals surface area contributed by atoms with Gasteiger partial charge in [-0.15, -0.1) is 0 Å². The predicted octanol–water partition coefficient (Wildman–Crippen LogP) is 1.48. The van der Waals surface area contributed by atoms with Gasteiger partial charge in [0, 0.05) is 36.2 Å². The van der Waals surface area contributed by atoms with Crippen LogP contribution < -0.4 is 5.32 Å². The zero-order valence-electron chi connectivity index (χ0n) is 13.1. The van der Waals surface area contributed by atoms with Crippen molar-refractivity contribution in [3.8, 4) is 5.69 Å². The number of hydrogen-bond donors (Lipinski definition) is 2.